The zero-order valence-electron chi connectivity index (χ0n) is 1.90. The van der Waals surface area contributed by atoms with Crippen molar-refractivity contribution in [2.24, 2.45) is 0 Å². The first-order valence-corrected chi connectivity index (χ1v) is 1.49. The van der Waals surface area contributed by atoms with Crippen LogP contribution in [0.2, 0.25) is 0 Å². The Morgan fingerprint density at radius 1 is 1.20 bits per heavy atom. The zero-order chi connectivity index (χ0) is 2.00. The quantitative estimate of drug-likeness (QED) is 0.565. The molecule has 0 amide bonds. The van der Waals surface area contributed by atoms with Crippen molar-refractivity contribution in [1.29, 1.82) is 0 Å². The first-order valence-electron chi connectivity index (χ1n) is 0.204. The normalized spacial score (nSPS) is 0.600. The molecular weight excluding hydrogens is 333 g/mol. The van der Waals surface area contributed by atoms with Gasteiger partial charge in [0.15, 0.2) is 0 Å². The van der Waals surface area contributed by atoms with E-state index in [1.165, 1.54) is 0 Å². The van der Waals surface area contributed by atoms with Crippen LogP contribution in [0, 0.1) is 39.8 Å². The van der Waals surface area contributed by atoms with Crippen LogP contribution in [0.25, 0.3) is 0 Å². The number of rotatable bonds is 0. The van der Waals surface area contributed by atoms with E-state index >= 15 is 0 Å². The molecule has 0 atom stereocenters. The van der Waals surface area contributed by atoms with E-state index in [1.54, 1.807) is 0 Å². The number of hydrogen-bond donors (Lipinski definition) is 0. The molecule has 5 heteroatoms. The van der Waals surface area contributed by atoms with Crippen LogP contribution in [-0.2, 0) is 51.6 Å². The molecule has 0 unspecified atom stereocenters. The van der Waals surface area contributed by atoms with Gasteiger partial charge in [-0.05, 0) is 0 Å². The second kappa shape index (κ2) is 29.8. The van der Waals surface area contributed by atoms with Gasteiger partial charge in [-0.15, -0.1) is 0 Å². The molecule has 5 heavy (non-hydrogen) atoms. The standard InChI is InChI=1S/Ce.Cu.Mn.Ni.O. The molecule has 0 aliphatic heterocycles. The van der Waals surface area contributed by atoms with Crippen molar-refractivity contribution in [2.45, 2.75) is 0 Å². The molecule has 1 nitrogen and oxygen atoms in total. The van der Waals surface area contributed by atoms with Gasteiger partial charge in [-0.25, -0.2) is 0 Å². The predicted molar refractivity (Wildman–Crippen MR) is 0.686 cm³/mol. The average Bonchev–Trinajstić information content (AvgIpc) is 1.00. The Kier molecular flexibility index (Phi) is 150. The van der Waals surface area contributed by atoms with Gasteiger partial charge in [-0.2, -0.15) is 0 Å². The summed E-state index contributed by atoms with van der Waals surface area (Å²) in [7, 11) is 0. The van der Waals surface area contributed by atoms with Crippen LogP contribution in [-0.4, -0.2) is 0 Å². The molecule has 0 fully saturated rings. The maximum atomic E-state index is 8.39. The molecule has 0 heterocycles. The van der Waals surface area contributed by atoms with E-state index in [0.717, 1.165) is 0 Å². The van der Waals surface area contributed by atoms with E-state index in [2.05, 4.69) is 0 Å². The summed E-state index contributed by atoms with van der Waals surface area (Å²) >= 11 is 0.0556. The maximum absolute atomic E-state index is 8.39. The minimum atomic E-state index is 0. The van der Waals surface area contributed by atoms with Crippen LogP contribution in [0.5, 0.6) is 0 Å². The van der Waals surface area contributed by atoms with Gasteiger partial charge in [-0.1, -0.05) is 0 Å². The summed E-state index contributed by atoms with van der Waals surface area (Å²) in [5, 5.41) is 0. The second-order valence-electron chi connectivity index (χ2n) is 0. The Morgan fingerprint density at radius 3 is 1.20 bits per heavy atom. The fraction of sp³-hybridized carbons (Fsp3) is 0. The molecule has 2 radical (unpaired) electrons. The van der Waals surface area contributed by atoms with E-state index in [1.807, 2.05) is 0 Å². The average molecular weight is 333 g/mol. The van der Waals surface area contributed by atoms with Crippen LogP contribution in [0.1, 0.15) is 0 Å². The van der Waals surface area contributed by atoms with Gasteiger partial charge >= 0.3 is 40.7 Å². The van der Waals surface area contributed by atoms with Gasteiger partial charge in [0.25, 0.3) is 0 Å². The summed E-state index contributed by atoms with van der Waals surface area (Å²) in [6.07, 6.45) is 0. The topological polar surface area (TPSA) is 17.1 Å². The summed E-state index contributed by atoms with van der Waals surface area (Å²) in [6.45, 7) is 0. The molecule has 0 spiro atoms. The molecule has 0 aromatic carbocycles. The first-order chi connectivity index (χ1) is 1.00. The Morgan fingerprint density at radius 2 is 1.20 bits per heavy atom. The summed E-state index contributed by atoms with van der Waals surface area (Å²) < 4.78 is 8.39. The van der Waals surface area contributed by atoms with Gasteiger partial charge in [0.1, 0.15) is 0 Å². The summed E-state index contributed by atoms with van der Waals surface area (Å²) in [5.74, 6) is 0. The monoisotopic (exact) mass is 332 g/mol. The van der Waals surface area contributed by atoms with Crippen LogP contribution < -0.4 is 0 Å². The Bertz CT molecular complexity index is 11.6. The van der Waals surface area contributed by atoms with Crippen molar-refractivity contribution in [3.8, 4) is 0 Å². The number of hydrogen-bond acceptors (Lipinski definition) is 1. The van der Waals surface area contributed by atoms with Gasteiger partial charge in [-0.3, -0.25) is 0 Å². The third-order valence-electron chi connectivity index (χ3n) is 0. The van der Waals surface area contributed by atoms with Gasteiger partial charge in [0.05, 0.1) is 0 Å². The molecule has 0 rings (SSSR count). The van der Waals surface area contributed by atoms with E-state index in [9.17, 15) is 0 Å². The van der Waals surface area contributed by atoms with Crippen molar-refractivity contribution < 1.29 is 91.3 Å². The fourth-order valence-electron chi connectivity index (χ4n) is 0. The van der Waals surface area contributed by atoms with Crippen LogP contribution in [0.4, 0.5) is 0 Å². The third-order valence-corrected chi connectivity index (χ3v) is 0. The van der Waals surface area contributed by atoms with E-state index in [0.29, 0.717) is 0 Å². The van der Waals surface area contributed by atoms with Gasteiger partial charge in [0, 0.05) is 50.6 Å². The minimum absolute atomic E-state index is 0. The van der Waals surface area contributed by atoms with Crippen LogP contribution >= 0.6 is 0 Å². The molecule has 0 aromatic rings. The summed E-state index contributed by atoms with van der Waals surface area (Å²) in [5.41, 5.74) is 0. The van der Waals surface area contributed by atoms with Gasteiger partial charge in [0.2, 0.25) is 0 Å². The first kappa shape index (κ1) is 25.2. The molecule has 0 saturated carbocycles. The van der Waals surface area contributed by atoms with Crippen molar-refractivity contribution in [3.05, 3.63) is 0 Å². The third kappa shape index (κ3) is 20.3. The molecule has 38 valence electrons. The molecule has 0 saturated heterocycles. The predicted octanol–water partition coefficient (Wildman–Crippen LogP) is -0.126. The van der Waals surface area contributed by atoms with Crippen LogP contribution in [0.3, 0.4) is 0 Å². The van der Waals surface area contributed by atoms with Gasteiger partial charge < -0.3 is 0 Å². The molecule has 0 aliphatic rings. The Labute approximate surface area is 89.5 Å². The molecule has 0 N–H and O–H groups in total. The van der Waals surface area contributed by atoms with E-state index < -0.39 is 0 Å². The summed E-state index contributed by atoms with van der Waals surface area (Å²) in [6, 6.07) is 0. The second-order valence-corrected chi connectivity index (χ2v) is 0. The van der Waals surface area contributed by atoms with E-state index in [-0.39, 0.29) is 90.4 Å². The van der Waals surface area contributed by atoms with Crippen molar-refractivity contribution in [3.63, 3.8) is 0 Å². The molecular formula is CeCuMnNiO. The Balaban J connectivity index is -0.00000000167. The SMILES string of the molecule is [Cu].[Mn].[Ni].[O]=[Ce]. The molecule has 0 aromatic heterocycles. The van der Waals surface area contributed by atoms with Crippen molar-refractivity contribution in [2.75, 3.05) is 0 Å². The molecule has 0 bridgehead atoms. The summed E-state index contributed by atoms with van der Waals surface area (Å²) in [4.78, 5) is 0. The van der Waals surface area contributed by atoms with Crippen molar-refractivity contribution >= 4 is 0 Å². The zero-order valence-corrected chi connectivity index (χ0v) is 8.15. The van der Waals surface area contributed by atoms with E-state index in [4.69, 9.17) is 0.938 Å². The fourth-order valence-corrected chi connectivity index (χ4v) is 0. The Hall–Kier alpha value is 2.71. The van der Waals surface area contributed by atoms with Crippen LogP contribution in [0.15, 0.2) is 0 Å². The molecule has 0 aliphatic carbocycles. The van der Waals surface area contributed by atoms with Crippen molar-refractivity contribution in [1.82, 2.24) is 0 Å².